The van der Waals surface area contributed by atoms with Gasteiger partial charge < -0.3 is 20.7 Å². The maximum absolute atomic E-state index is 11.6. The second kappa shape index (κ2) is 7.87. The molecule has 1 aromatic rings. The molecule has 0 spiro atoms. The van der Waals surface area contributed by atoms with Crippen LogP contribution in [0.2, 0.25) is 0 Å². The third-order valence-corrected chi connectivity index (χ3v) is 3.48. The van der Waals surface area contributed by atoms with E-state index in [1.165, 1.54) is 12.8 Å². The molecule has 1 aromatic carbocycles. The molecule has 1 fully saturated rings. The number of hydrogen-bond acceptors (Lipinski definition) is 4. The van der Waals surface area contributed by atoms with E-state index >= 15 is 0 Å². The molecule has 1 saturated heterocycles. The summed E-state index contributed by atoms with van der Waals surface area (Å²) in [7, 11) is 0. The van der Waals surface area contributed by atoms with Crippen molar-refractivity contribution in [2.75, 3.05) is 32.8 Å². The first kappa shape index (κ1) is 14.8. The van der Waals surface area contributed by atoms with Gasteiger partial charge in [0.1, 0.15) is 5.75 Å². The molecule has 2 rings (SSSR count). The summed E-state index contributed by atoms with van der Waals surface area (Å²) in [5, 5.41) is 2.88. The van der Waals surface area contributed by atoms with Crippen molar-refractivity contribution in [3.05, 3.63) is 29.8 Å². The van der Waals surface area contributed by atoms with Crippen LogP contribution >= 0.6 is 0 Å². The molecule has 0 aromatic heterocycles. The fraction of sp³-hybridized carbons (Fsp3) is 0.533. The molecule has 1 amide bonds. The Hall–Kier alpha value is -1.59. The molecular formula is C15H23N3O2. The first-order valence-electron chi connectivity index (χ1n) is 7.19. The highest BCUT2D eigenvalue weighted by Crippen LogP contribution is 2.11. The molecule has 1 heterocycles. The van der Waals surface area contributed by atoms with Crippen molar-refractivity contribution in [1.82, 2.24) is 10.2 Å². The Balaban J connectivity index is 1.61. The van der Waals surface area contributed by atoms with Crippen LogP contribution < -0.4 is 15.8 Å². The second-order valence-corrected chi connectivity index (χ2v) is 5.04. The predicted octanol–water partition coefficient (Wildman–Crippen LogP) is 0.736. The van der Waals surface area contributed by atoms with Crippen LogP contribution in [0.15, 0.2) is 24.3 Å². The van der Waals surface area contributed by atoms with Crippen molar-refractivity contribution in [2.24, 2.45) is 5.73 Å². The summed E-state index contributed by atoms with van der Waals surface area (Å²) >= 11 is 0. The van der Waals surface area contributed by atoms with Crippen LogP contribution in [-0.4, -0.2) is 43.6 Å². The Morgan fingerprint density at radius 2 is 1.95 bits per heavy atom. The van der Waals surface area contributed by atoms with Gasteiger partial charge in [0.25, 0.3) is 5.91 Å². The summed E-state index contributed by atoms with van der Waals surface area (Å²) < 4.78 is 5.42. The van der Waals surface area contributed by atoms with Crippen LogP contribution in [0.25, 0.3) is 0 Å². The number of rotatable bonds is 7. The molecule has 3 N–H and O–H groups in total. The van der Waals surface area contributed by atoms with Crippen LogP contribution in [0.1, 0.15) is 18.4 Å². The predicted molar refractivity (Wildman–Crippen MR) is 78.5 cm³/mol. The van der Waals surface area contributed by atoms with Crippen molar-refractivity contribution in [1.29, 1.82) is 0 Å². The van der Waals surface area contributed by atoms with Crippen molar-refractivity contribution in [3.8, 4) is 5.75 Å². The van der Waals surface area contributed by atoms with Crippen LogP contribution in [0.3, 0.4) is 0 Å². The molecule has 5 nitrogen and oxygen atoms in total. The molecule has 0 aliphatic carbocycles. The van der Waals surface area contributed by atoms with Gasteiger partial charge in [-0.25, -0.2) is 0 Å². The van der Waals surface area contributed by atoms with Gasteiger partial charge in [0, 0.05) is 19.6 Å². The number of hydrogen-bond donors (Lipinski definition) is 2. The zero-order valence-corrected chi connectivity index (χ0v) is 11.8. The molecule has 0 radical (unpaired) electrons. The van der Waals surface area contributed by atoms with Gasteiger partial charge in [-0.15, -0.1) is 0 Å². The number of nitrogens with two attached hydrogens (primary N) is 1. The standard InChI is InChI=1S/C15H23N3O2/c16-11-13-3-5-14(6-4-13)20-12-15(19)17-7-10-18-8-1-2-9-18/h3-6H,1-2,7-12,16H2,(H,17,19). The van der Waals surface area contributed by atoms with E-state index in [-0.39, 0.29) is 12.5 Å². The van der Waals surface area contributed by atoms with Crippen molar-refractivity contribution in [2.45, 2.75) is 19.4 Å². The number of ether oxygens (including phenoxy) is 1. The summed E-state index contributed by atoms with van der Waals surface area (Å²) in [5.41, 5.74) is 6.57. The molecule has 1 aliphatic heterocycles. The average Bonchev–Trinajstić information content (AvgIpc) is 2.99. The normalized spacial score (nSPS) is 15.2. The lowest BCUT2D eigenvalue weighted by molar-refractivity contribution is -0.123. The Labute approximate surface area is 120 Å². The summed E-state index contributed by atoms with van der Waals surface area (Å²) in [6, 6.07) is 7.47. The van der Waals surface area contributed by atoms with Gasteiger partial charge in [-0.3, -0.25) is 4.79 Å². The smallest absolute Gasteiger partial charge is 0.257 e. The lowest BCUT2D eigenvalue weighted by Crippen LogP contribution is -2.35. The molecular weight excluding hydrogens is 254 g/mol. The van der Waals surface area contributed by atoms with Gasteiger partial charge in [0.2, 0.25) is 0 Å². The second-order valence-electron chi connectivity index (χ2n) is 5.04. The Kier molecular flexibility index (Phi) is 5.83. The Morgan fingerprint density at radius 3 is 2.60 bits per heavy atom. The van der Waals surface area contributed by atoms with Gasteiger partial charge in [-0.1, -0.05) is 12.1 Å². The monoisotopic (exact) mass is 277 g/mol. The number of carbonyl (C=O) groups is 1. The molecule has 5 heteroatoms. The van der Waals surface area contributed by atoms with Crippen molar-refractivity contribution >= 4 is 5.91 Å². The Bertz CT molecular complexity index is 414. The fourth-order valence-corrected chi connectivity index (χ4v) is 2.28. The minimum atomic E-state index is -0.0768. The van der Waals surface area contributed by atoms with Gasteiger partial charge in [0.15, 0.2) is 6.61 Å². The van der Waals surface area contributed by atoms with Crippen LogP contribution in [0.4, 0.5) is 0 Å². The first-order valence-corrected chi connectivity index (χ1v) is 7.19. The van der Waals surface area contributed by atoms with Gasteiger partial charge in [-0.2, -0.15) is 0 Å². The third kappa shape index (κ3) is 4.83. The van der Waals surface area contributed by atoms with E-state index in [0.29, 0.717) is 18.8 Å². The topological polar surface area (TPSA) is 67.6 Å². The van der Waals surface area contributed by atoms with Crippen LogP contribution in [-0.2, 0) is 11.3 Å². The van der Waals surface area contributed by atoms with E-state index < -0.39 is 0 Å². The highest BCUT2D eigenvalue weighted by molar-refractivity contribution is 5.77. The summed E-state index contributed by atoms with van der Waals surface area (Å²) in [5.74, 6) is 0.615. The minimum absolute atomic E-state index is 0.0575. The zero-order chi connectivity index (χ0) is 14.2. The number of amides is 1. The lowest BCUT2D eigenvalue weighted by Gasteiger charge is -2.14. The average molecular weight is 277 g/mol. The SMILES string of the molecule is NCc1ccc(OCC(=O)NCCN2CCCC2)cc1. The van der Waals surface area contributed by atoms with Gasteiger partial charge in [-0.05, 0) is 43.6 Å². The van der Waals surface area contributed by atoms with E-state index in [0.717, 1.165) is 25.2 Å². The molecule has 110 valence electrons. The maximum atomic E-state index is 11.6. The van der Waals surface area contributed by atoms with E-state index in [1.54, 1.807) is 0 Å². The number of likely N-dealkylation sites (tertiary alicyclic amines) is 1. The van der Waals surface area contributed by atoms with Crippen molar-refractivity contribution < 1.29 is 9.53 Å². The lowest BCUT2D eigenvalue weighted by atomic mass is 10.2. The van der Waals surface area contributed by atoms with Crippen molar-refractivity contribution in [3.63, 3.8) is 0 Å². The van der Waals surface area contributed by atoms with E-state index in [4.69, 9.17) is 10.5 Å². The molecule has 0 unspecified atom stereocenters. The Morgan fingerprint density at radius 1 is 1.25 bits per heavy atom. The third-order valence-electron chi connectivity index (χ3n) is 3.48. The van der Waals surface area contributed by atoms with E-state index in [1.807, 2.05) is 24.3 Å². The summed E-state index contributed by atoms with van der Waals surface area (Å²) in [6.45, 7) is 4.49. The van der Waals surface area contributed by atoms with Gasteiger partial charge >= 0.3 is 0 Å². The highest BCUT2D eigenvalue weighted by Gasteiger charge is 2.11. The summed E-state index contributed by atoms with van der Waals surface area (Å²) in [6.07, 6.45) is 2.55. The highest BCUT2D eigenvalue weighted by atomic mass is 16.5. The van der Waals surface area contributed by atoms with Crippen LogP contribution in [0, 0.1) is 0 Å². The summed E-state index contributed by atoms with van der Waals surface area (Å²) in [4.78, 5) is 14.0. The largest absolute Gasteiger partial charge is 0.484 e. The maximum Gasteiger partial charge on any atom is 0.257 e. The van der Waals surface area contributed by atoms with E-state index in [9.17, 15) is 4.79 Å². The quantitative estimate of drug-likeness (QED) is 0.771. The van der Waals surface area contributed by atoms with Crippen LogP contribution in [0.5, 0.6) is 5.75 Å². The molecule has 0 saturated carbocycles. The number of nitrogens with zero attached hydrogens (tertiary/aromatic N) is 1. The van der Waals surface area contributed by atoms with Gasteiger partial charge in [0.05, 0.1) is 0 Å². The zero-order valence-electron chi connectivity index (χ0n) is 11.8. The number of nitrogens with one attached hydrogen (secondary N) is 1. The number of benzene rings is 1. The molecule has 1 aliphatic rings. The molecule has 20 heavy (non-hydrogen) atoms. The molecule has 0 atom stereocenters. The first-order chi connectivity index (χ1) is 9.78. The fourth-order valence-electron chi connectivity index (χ4n) is 2.28. The number of carbonyl (C=O) groups excluding carboxylic acids is 1. The molecule has 0 bridgehead atoms. The van der Waals surface area contributed by atoms with E-state index in [2.05, 4.69) is 10.2 Å². The minimum Gasteiger partial charge on any atom is -0.484 e.